The van der Waals surface area contributed by atoms with E-state index in [1.165, 1.54) is 0 Å². The number of benzene rings is 1. The monoisotopic (exact) mass is 343 g/mol. The molecule has 3 aliphatic rings. The van der Waals surface area contributed by atoms with Gasteiger partial charge < -0.3 is 25.3 Å². The van der Waals surface area contributed by atoms with Crippen molar-refractivity contribution in [3.8, 4) is 0 Å². The number of hydrogen-bond acceptors (Lipinski definition) is 4. The molecule has 0 radical (unpaired) electrons. The topological polar surface area (TPSA) is 67.9 Å². The van der Waals surface area contributed by atoms with E-state index in [4.69, 9.17) is 0 Å². The molecule has 1 aromatic carbocycles. The molecule has 0 aliphatic carbocycles. The number of nitrogens with one attached hydrogen (secondary N) is 2. The minimum absolute atomic E-state index is 0.0885. The second kappa shape index (κ2) is 6.55. The van der Waals surface area contributed by atoms with Crippen molar-refractivity contribution >= 4 is 17.6 Å². The van der Waals surface area contributed by atoms with Crippen LogP contribution in [0, 0.1) is 0 Å². The maximum atomic E-state index is 12.7. The molecule has 0 aromatic heterocycles. The lowest BCUT2D eigenvalue weighted by Crippen LogP contribution is -2.59. The first-order valence-corrected chi connectivity index (χ1v) is 9.06. The van der Waals surface area contributed by atoms with Gasteiger partial charge >= 0.3 is 6.03 Å². The van der Waals surface area contributed by atoms with E-state index in [0.29, 0.717) is 32.6 Å². The molecule has 7 heteroatoms. The van der Waals surface area contributed by atoms with Gasteiger partial charge in [-0.15, -0.1) is 0 Å². The maximum absolute atomic E-state index is 12.7. The molecule has 3 aliphatic heterocycles. The lowest BCUT2D eigenvalue weighted by molar-refractivity contribution is -0.124. The normalized spacial score (nSPS) is 23.0. The van der Waals surface area contributed by atoms with E-state index in [-0.39, 0.29) is 11.9 Å². The number of hydrogen-bond donors (Lipinski definition) is 2. The van der Waals surface area contributed by atoms with Crippen molar-refractivity contribution < 1.29 is 9.59 Å². The Kier molecular flexibility index (Phi) is 4.25. The highest BCUT2D eigenvalue weighted by Gasteiger charge is 2.51. The Morgan fingerprint density at radius 3 is 2.28 bits per heavy atom. The fourth-order valence-corrected chi connectivity index (χ4v) is 4.16. The van der Waals surface area contributed by atoms with E-state index in [9.17, 15) is 9.59 Å². The first-order chi connectivity index (χ1) is 12.2. The predicted octanol–water partition coefficient (Wildman–Crippen LogP) is 0.440. The summed E-state index contributed by atoms with van der Waals surface area (Å²) in [5.41, 5.74) is 0.532. The van der Waals surface area contributed by atoms with Gasteiger partial charge in [0, 0.05) is 45.0 Å². The van der Waals surface area contributed by atoms with Crippen molar-refractivity contribution in [3.63, 3.8) is 0 Å². The summed E-state index contributed by atoms with van der Waals surface area (Å²) in [7, 11) is 0. The Labute approximate surface area is 147 Å². The molecule has 0 atom stereocenters. The Bertz CT molecular complexity index is 636. The van der Waals surface area contributed by atoms with Gasteiger partial charge in [-0.3, -0.25) is 4.79 Å². The van der Waals surface area contributed by atoms with E-state index in [0.717, 1.165) is 31.9 Å². The van der Waals surface area contributed by atoms with Gasteiger partial charge in [-0.1, -0.05) is 18.2 Å². The Balaban J connectivity index is 1.47. The molecular formula is C18H25N5O2. The van der Waals surface area contributed by atoms with Crippen LogP contribution in [0.2, 0.25) is 0 Å². The molecule has 2 N–H and O–H groups in total. The van der Waals surface area contributed by atoms with Crippen molar-refractivity contribution in [1.82, 2.24) is 20.4 Å². The second-order valence-electron chi connectivity index (χ2n) is 6.97. The standard InChI is InChI=1S/C18H25N5O2/c24-16-18(23(14-20-16)15-4-2-1-3-5-15)6-10-21(11-7-18)17(25)22-12-8-19-9-13-22/h1-5,19H,6-14H2,(H,20,24). The largest absolute Gasteiger partial charge is 0.339 e. The van der Waals surface area contributed by atoms with Gasteiger partial charge in [0.05, 0.1) is 6.67 Å². The van der Waals surface area contributed by atoms with E-state index >= 15 is 0 Å². The summed E-state index contributed by atoms with van der Waals surface area (Å²) in [5.74, 6) is 0.0885. The third-order valence-electron chi connectivity index (χ3n) is 5.65. The molecule has 3 fully saturated rings. The van der Waals surface area contributed by atoms with Crippen LogP contribution < -0.4 is 15.5 Å². The number of carbonyl (C=O) groups excluding carboxylic acids is 2. The lowest BCUT2D eigenvalue weighted by atomic mass is 9.85. The number of urea groups is 1. The lowest BCUT2D eigenvalue weighted by Gasteiger charge is -2.44. The van der Waals surface area contributed by atoms with Crippen molar-refractivity contribution in [1.29, 1.82) is 0 Å². The summed E-state index contributed by atoms with van der Waals surface area (Å²) in [6.45, 7) is 5.02. The zero-order valence-electron chi connectivity index (χ0n) is 14.4. The smallest absolute Gasteiger partial charge is 0.320 e. The number of rotatable bonds is 1. The van der Waals surface area contributed by atoms with Gasteiger partial charge in [0.15, 0.2) is 0 Å². The molecule has 1 spiro atoms. The number of nitrogens with zero attached hydrogens (tertiary/aromatic N) is 3. The van der Waals surface area contributed by atoms with Crippen LogP contribution in [0.3, 0.4) is 0 Å². The number of amides is 3. The minimum atomic E-state index is -0.526. The summed E-state index contributed by atoms with van der Waals surface area (Å²) in [6.07, 6.45) is 1.34. The molecule has 0 unspecified atom stereocenters. The summed E-state index contributed by atoms with van der Waals surface area (Å²) in [6, 6.07) is 10.2. The van der Waals surface area contributed by atoms with Crippen LogP contribution in [0.1, 0.15) is 12.8 Å². The zero-order valence-corrected chi connectivity index (χ0v) is 14.4. The molecule has 0 bridgehead atoms. The van der Waals surface area contributed by atoms with Crippen LogP contribution in [0.5, 0.6) is 0 Å². The van der Waals surface area contributed by atoms with Crippen molar-refractivity contribution in [2.75, 3.05) is 50.8 Å². The fraction of sp³-hybridized carbons (Fsp3) is 0.556. The number of likely N-dealkylation sites (tertiary alicyclic amines) is 1. The highest BCUT2D eigenvalue weighted by molar-refractivity contribution is 5.93. The highest BCUT2D eigenvalue weighted by atomic mass is 16.2. The highest BCUT2D eigenvalue weighted by Crippen LogP contribution is 2.36. The van der Waals surface area contributed by atoms with E-state index in [1.807, 2.05) is 40.1 Å². The van der Waals surface area contributed by atoms with Gasteiger partial charge in [-0.25, -0.2) is 4.79 Å². The first-order valence-electron chi connectivity index (χ1n) is 9.06. The van der Waals surface area contributed by atoms with Gasteiger partial charge in [0.25, 0.3) is 0 Å². The SMILES string of the molecule is O=C(N1CCNCC1)N1CCC2(CC1)C(=O)NCN2c1ccccc1. The molecule has 4 rings (SSSR count). The van der Waals surface area contributed by atoms with Crippen molar-refractivity contribution in [2.24, 2.45) is 0 Å². The molecular weight excluding hydrogens is 318 g/mol. The molecule has 0 saturated carbocycles. The number of anilines is 1. The zero-order chi connectivity index (χ0) is 17.3. The van der Waals surface area contributed by atoms with Crippen LogP contribution >= 0.6 is 0 Å². The van der Waals surface area contributed by atoms with Crippen LogP contribution in [0.4, 0.5) is 10.5 Å². The van der Waals surface area contributed by atoms with Crippen molar-refractivity contribution in [2.45, 2.75) is 18.4 Å². The quantitative estimate of drug-likeness (QED) is 0.777. The second-order valence-corrected chi connectivity index (χ2v) is 6.97. The fourth-order valence-electron chi connectivity index (χ4n) is 4.16. The van der Waals surface area contributed by atoms with Crippen molar-refractivity contribution in [3.05, 3.63) is 30.3 Å². The first kappa shape index (κ1) is 16.2. The Morgan fingerprint density at radius 1 is 0.960 bits per heavy atom. The predicted molar refractivity (Wildman–Crippen MR) is 95.3 cm³/mol. The number of para-hydroxylation sites is 1. The van der Waals surface area contributed by atoms with Crippen LogP contribution in [0.25, 0.3) is 0 Å². The number of piperidine rings is 1. The molecule has 25 heavy (non-hydrogen) atoms. The van der Waals surface area contributed by atoms with E-state index < -0.39 is 5.54 Å². The molecule has 3 amide bonds. The van der Waals surface area contributed by atoms with Crippen LogP contribution in [0.15, 0.2) is 30.3 Å². The maximum Gasteiger partial charge on any atom is 0.320 e. The van der Waals surface area contributed by atoms with Gasteiger partial charge in [0.1, 0.15) is 5.54 Å². The summed E-state index contributed by atoms with van der Waals surface area (Å²) < 4.78 is 0. The number of piperazine rings is 1. The molecule has 3 heterocycles. The number of carbonyl (C=O) groups is 2. The average Bonchev–Trinajstić information content (AvgIpc) is 2.99. The van der Waals surface area contributed by atoms with Crippen LogP contribution in [-0.2, 0) is 4.79 Å². The Hall–Kier alpha value is -2.28. The molecule has 7 nitrogen and oxygen atoms in total. The van der Waals surface area contributed by atoms with E-state index in [2.05, 4.69) is 15.5 Å². The van der Waals surface area contributed by atoms with Gasteiger partial charge in [-0.05, 0) is 25.0 Å². The minimum Gasteiger partial charge on any atom is -0.339 e. The summed E-state index contributed by atoms with van der Waals surface area (Å²) in [5, 5.41) is 6.27. The third-order valence-corrected chi connectivity index (χ3v) is 5.65. The average molecular weight is 343 g/mol. The summed E-state index contributed by atoms with van der Waals surface area (Å²) >= 11 is 0. The molecule has 3 saturated heterocycles. The van der Waals surface area contributed by atoms with Gasteiger partial charge in [-0.2, -0.15) is 0 Å². The Morgan fingerprint density at radius 2 is 1.60 bits per heavy atom. The third kappa shape index (κ3) is 2.82. The van der Waals surface area contributed by atoms with E-state index in [1.54, 1.807) is 0 Å². The summed E-state index contributed by atoms with van der Waals surface area (Å²) in [4.78, 5) is 31.3. The molecule has 134 valence electrons. The van der Waals surface area contributed by atoms with Gasteiger partial charge in [0.2, 0.25) is 5.91 Å². The van der Waals surface area contributed by atoms with Crippen LogP contribution in [-0.4, -0.2) is 73.2 Å². The molecule has 1 aromatic rings.